The number of imidazole rings is 2. The second-order valence-electron chi connectivity index (χ2n) is 6.59. The van der Waals surface area contributed by atoms with E-state index < -0.39 is 0 Å². The minimum atomic E-state index is 0.383. The normalized spacial score (nSPS) is 11.2. The largest absolute Gasteiger partial charge is 0.377 e. The number of fused-ring (bicyclic) bond motifs is 1. The van der Waals surface area contributed by atoms with Gasteiger partial charge in [-0.05, 0) is 24.3 Å². The van der Waals surface area contributed by atoms with E-state index in [-0.39, 0.29) is 0 Å². The molecule has 0 unspecified atom stereocenters. The molecule has 5 aromatic rings. The quantitative estimate of drug-likeness (QED) is 0.496. The molecule has 0 aliphatic rings. The number of nitrogens with one attached hydrogen (secondary N) is 1. The average molecular weight is 382 g/mol. The Bertz CT molecular complexity index is 1240. The van der Waals surface area contributed by atoms with Crippen LogP contribution in [0.3, 0.4) is 0 Å². The first-order valence-electron chi connectivity index (χ1n) is 9.21. The molecule has 7 nitrogen and oxygen atoms in total. The zero-order chi connectivity index (χ0) is 19.6. The zero-order valence-corrected chi connectivity index (χ0v) is 15.8. The summed E-state index contributed by atoms with van der Waals surface area (Å²) in [5.41, 5.74) is 4.79. The summed E-state index contributed by atoms with van der Waals surface area (Å²) in [7, 11) is 1.62. The maximum atomic E-state index is 5.07. The van der Waals surface area contributed by atoms with Crippen molar-refractivity contribution in [3.63, 3.8) is 0 Å². The molecule has 0 atom stereocenters. The molecule has 0 radical (unpaired) electrons. The van der Waals surface area contributed by atoms with Gasteiger partial charge in [0.2, 0.25) is 0 Å². The first kappa shape index (κ1) is 17.3. The average Bonchev–Trinajstić information content (AvgIpc) is 3.42. The van der Waals surface area contributed by atoms with Gasteiger partial charge in [-0.1, -0.05) is 24.3 Å². The summed E-state index contributed by atoms with van der Waals surface area (Å²) in [5.74, 6) is 2.25. The van der Waals surface area contributed by atoms with Crippen LogP contribution in [0.2, 0.25) is 0 Å². The topological polar surface area (TPSA) is 81.5 Å². The molecule has 0 bridgehead atoms. The van der Waals surface area contributed by atoms with Gasteiger partial charge in [0.05, 0.1) is 16.6 Å². The van der Waals surface area contributed by atoms with Crippen molar-refractivity contribution < 1.29 is 4.74 Å². The Balaban J connectivity index is 1.52. The summed E-state index contributed by atoms with van der Waals surface area (Å²) < 4.78 is 7.09. The summed E-state index contributed by atoms with van der Waals surface area (Å²) in [6.45, 7) is 0.383. The number of rotatable bonds is 5. The number of methoxy groups -OCH3 is 1. The number of hydrogen-bond donors (Lipinski definition) is 1. The van der Waals surface area contributed by atoms with Crippen LogP contribution in [0.25, 0.3) is 39.5 Å². The van der Waals surface area contributed by atoms with E-state index in [1.165, 1.54) is 0 Å². The van der Waals surface area contributed by atoms with Crippen LogP contribution >= 0.6 is 0 Å². The van der Waals surface area contributed by atoms with Crippen molar-refractivity contribution in [1.82, 2.24) is 29.5 Å². The Morgan fingerprint density at radius 3 is 2.66 bits per heavy atom. The molecule has 0 fully saturated rings. The van der Waals surface area contributed by atoms with Crippen molar-refractivity contribution in [2.24, 2.45) is 0 Å². The van der Waals surface area contributed by atoms with Gasteiger partial charge < -0.3 is 9.72 Å². The Labute approximate surface area is 167 Å². The minimum absolute atomic E-state index is 0.383. The molecule has 7 heteroatoms. The molecule has 29 heavy (non-hydrogen) atoms. The van der Waals surface area contributed by atoms with Gasteiger partial charge in [-0.3, -0.25) is 4.57 Å². The number of H-pyrrole nitrogens is 1. The van der Waals surface area contributed by atoms with Gasteiger partial charge in [0.25, 0.3) is 0 Å². The smallest absolute Gasteiger partial charge is 0.153 e. The van der Waals surface area contributed by atoms with Crippen LogP contribution in [0.5, 0.6) is 0 Å². The van der Waals surface area contributed by atoms with Gasteiger partial charge >= 0.3 is 0 Å². The van der Waals surface area contributed by atoms with Crippen LogP contribution in [0, 0.1) is 0 Å². The Hall–Kier alpha value is -3.84. The van der Waals surface area contributed by atoms with Crippen molar-refractivity contribution in [1.29, 1.82) is 0 Å². The predicted molar refractivity (Wildman–Crippen MR) is 110 cm³/mol. The molecule has 142 valence electrons. The lowest BCUT2D eigenvalue weighted by Gasteiger charge is -2.09. The van der Waals surface area contributed by atoms with Crippen LogP contribution in [0.15, 0.2) is 73.3 Å². The summed E-state index contributed by atoms with van der Waals surface area (Å²) in [4.78, 5) is 21.3. The van der Waals surface area contributed by atoms with Gasteiger partial charge in [-0.25, -0.2) is 19.9 Å². The Morgan fingerprint density at radius 2 is 1.83 bits per heavy atom. The highest BCUT2D eigenvalue weighted by molar-refractivity contribution is 5.79. The molecule has 0 aliphatic carbocycles. The van der Waals surface area contributed by atoms with Crippen molar-refractivity contribution >= 4 is 11.0 Å². The first-order chi connectivity index (χ1) is 14.3. The number of aromatic nitrogens is 6. The molecular weight excluding hydrogens is 364 g/mol. The molecule has 5 rings (SSSR count). The molecule has 3 heterocycles. The van der Waals surface area contributed by atoms with Gasteiger partial charge in [0.15, 0.2) is 5.82 Å². The number of aromatic amines is 1. The number of benzene rings is 2. The van der Waals surface area contributed by atoms with E-state index in [0.29, 0.717) is 12.4 Å². The van der Waals surface area contributed by atoms with Crippen LogP contribution < -0.4 is 0 Å². The van der Waals surface area contributed by atoms with E-state index in [0.717, 1.165) is 39.5 Å². The van der Waals surface area contributed by atoms with Gasteiger partial charge in [0.1, 0.15) is 18.3 Å². The lowest BCUT2D eigenvalue weighted by Crippen LogP contribution is -2.00. The molecule has 0 spiro atoms. The van der Waals surface area contributed by atoms with Crippen LogP contribution in [-0.4, -0.2) is 36.6 Å². The highest BCUT2D eigenvalue weighted by Crippen LogP contribution is 2.25. The minimum Gasteiger partial charge on any atom is -0.377 e. The maximum absolute atomic E-state index is 5.07. The van der Waals surface area contributed by atoms with Crippen molar-refractivity contribution in [3.8, 4) is 28.5 Å². The fourth-order valence-electron chi connectivity index (χ4n) is 3.29. The Kier molecular flexibility index (Phi) is 4.34. The fourth-order valence-corrected chi connectivity index (χ4v) is 3.29. The lowest BCUT2D eigenvalue weighted by molar-refractivity contribution is 0.178. The number of para-hydroxylation sites is 2. The fraction of sp³-hybridized carbons (Fsp3) is 0.0909. The van der Waals surface area contributed by atoms with Crippen LogP contribution in [0.4, 0.5) is 0 Å². The summed E-state index contributed by atoms with van der Waals surface area (Å²) >= 11 is 0. The van der Waals surface area contributed by atoms with Crippen molar-refractivity contribution in [3.05, 3.63) is 79.1 Å². The molecular formula is C22H18N6O. The maximum Gasteiger partial charge on any atom is 0.153 e. The predicted octanol–water partition coefficient (Wildman–Crippen LogP) is 4.02. The second-order valence-corrected chi connectivity index (χ2v) is 6.59. The van der Waals surface area contributed by atoms with Gasteiger partial charge in [-0.2, -0.15) is 0 Å². The highest BCUT2D eigenvalue weighted by Gasteiger charge is 2.11. The number of ether oxygens (including phenoxy) is 1. The summed E-state index contributed by atoms with van der Waals surface area (Å²) in [6.07, 6.45) is 7.23. The molecule has 0 saturated heterocycles. The molecule has 0 saturated carbocycles. The molecule has 2 aromatic carbocycles. The van der Waals surface area contributed by atoms with Crippen molar-refractivity contribution in [2.75, 3.05) is 7.11 Å². The lowest BCUT2D eigenvalue weighted by atomic mass is 10.2. The standard InChI is InChI=1S/C22H18N6O/c1-29-14-20-24-12-16(13-25-20)22-23-9-10-28(22)17-6-4-5-15(11-17)21-26-18-7-2-3-8-19(18)27-21/h2-13H,14H2,1H3,(H,26,27). The highest BCUT2D eigenvalue weighted by atomic mass is 16.5. The van der Waals surface area contributed by atoms with Gasteiger partial charge in [-0.15, -0.1) is 0 Å². The first-order valence-corrected chi connectivity index (χ1v) is 9.21. The zero-order valence-electron chi connectivity index (χ0n) is 15.8. The van der Waals surface area contributed by atoms with Crippen LogP contribution in [0.1, 0.15) is 5.82 Å². The van der Waals surface area contributed by atoms with E-state index in [2.05, 4.69) is 26.0 Å². The van der Waals surface area contributed by atoms with E-state index in [4.69, 9.17) is 9.72 Å². The third kappa shape index (κ3) is 3.28. The summed E-state index contributed by atoms with van der Waals surface area (Å²) in [6, 6.07) is 16.2. The monoisotopic (exact) mass is 382 g/mol. The Morgan fingerprint density at radius 1 is 0.966 bits per heavy atom. The summed E-state index contributed by atoms with van der Waals surface area (Å²) in [5, 5.41) is 0. The van der Waals surface area contributed by atoms with E-state index in [1.54, 1.807) is 25.7 Å². The van der Waals surface area contributed by atoms with E-state index in [9.17, 15) is 0 Å². The van der Waals surface area contributed by atoms with E-state index in [1.807, 2.05) is 53.2 Å². The molecule has 0 aliphatic heterocycles. The SMILES string of the molecule is COCc1ncc(-c2nccn2-c2cccc(-c3nc4ccccc4[nH]3)c2)cn1. The number of hydrogen-bond acceptors (Lipinski definition) is 5. The van der Waals surface area contributed by atoms with Crippen molar-refractivity contribution in [2.45, 2.75) is 6.61 Å². The van der Waals surface area contributed by atoms with Gasteiger partial charge in [0, 0.05) is 43.1 Å². The number of nitrogens with zero attached hydrogens (tertiary/aromatic N) is 5. The van der Waals surface area contributed by atoms with Crippen LogP contribution in [-0.2, 0) is 11.3 Å². The molecule has 1 N–H and O–H groups in total. The van der Waals surface area contributed by atoms with E-state index >= 15 is 0 Å². The molecule has 3 aromatic heterocycles. The second kappa shape index (κ2) is 7.29. The third-order valence-corrected chi connectivity index (χ3v) is 4.66. The third-order valence-electron chi connectivity index (χ3n) is 4.66. The molecule has 0 amide bonds.